The summed E-state index contributed by atoms with van der Waals surface area (Å²) in [5, 5.41) is 11.5. The molecule has 2 rings (SSSR count). The first kappa shape index (κ1) is 15.7. The van der Waals surface area contributed by atoms with Crippen LogP contribution in [0.5, 0.6) is 5.75 Å². The Morgan fingerprint density at radius 3 is 2.67 bits per heavy atom. The topological polar surface area (TPSA) is 93.2 Å². The molecule has 0 aliphatic heterocycles. The van der Waals surface area contributed by atoms with Crippen LogP contribution < -0.4 is 14.8 Å². The number of hydrogen-bond acceptors (Lipinski definition) is 7. The van der Waals surface area contributed by atoms with Crippen molar-refractivity contribution in [1.29, 1.82) is 0 Å². The summed E-state index contributed by atoms with van der Waals surface area (Å²) in [5.74, 6) is 0.634. The molecule has 0 radical (unpaired) electrons. The highest BCUT2D eigenvalue weighted by atomic mass is 32.2. The first-order chi connectivity index (χ1) is 9.96. The van der Waals surface area contributed by atoms with Crippen molar-refractivity contribution in [2.75, 3.05) is 18.9 Å². The number of hydrogen-bond donors (Lipinski definition) is 2. The number of sulfonamides is 1. The van der Waals surface area contributed by atoms with E-state index in [4.69, 9.17) is 4.74 Å². The zero-order chi connectivity index (χ0) is 15.5. The second kappa shape index (κ2) is 6.37. The van der Waals surface area contributed by atoms with E-state index >= 15 is 0 Å². The Kier molecular flexibility index (Phi) is 4.76. The third kappa shape index (κ3) is 3.69. The highest BCUT2D eigenvalue weighted by molar-refractivity contribution is 7.93. The van der Waals surface area contributed by atoms with E-state index in [1.807, 2.05) is 0 Å². The van der Waals surface area contributed by atoms with Crippen molar-refractivity contribution in [2.24, 2.45) is 0 Å². The first-order valence-electron chi connectivity index (χ1n) is 6.10. The number of aryl methyl sites for hydroxylation is 1. The Morgan fingerprint density at radius 1 is 1.33 bits per heavy atom. The van der Waals surface area contributed by atoms with E-state index in [-0.39, 0.29) is 10.0 Å². The van der Waals surface area contributed by atoms with Crippen LogP contribution in [-0.4, -0.2) is 32.8 Å². The molecule has 9 heteroatoms. The van der Waals surface area contributed by atoms with Crippen LogP contribution in [0.4, 0.5) is 5.13 Å². The van der Waals surface area contributed by atoms with Crippen LogP contribution in [0.3, 0.4) is 0 Å². The van der Waals surface area contributed by atoms with Gasteiger partial charge in [0.25, 0.3) is 10.0 Å². The number of nitrogens with zero attached hydrogens (tertiary/aromatic N) is 2. The van der Waals surface area contributed by atoms with Crippen LogP contribution in [0.25, 0.3) is 0 Å². The quantitative estimate of drug-likeness (QED) is 0.832. The number of ether oxygens (including phenoxy) is 1. The minimum Gasteiger partial charge on any atom is -0.496 e. The van der Waals surface area contributed by atoms with Crippen LogP contribution in [0.1, 0.15) is 10.6 Å². The van der Waals surface area contributed by atoms with Crippen LogP contribution >= 0.6 is 11.3 Å². The Balaban J connectivity index is 2.33. The maximum Gasteiger partial charge on any atom is 0.263 e. The van der Waals surface area contributed by atoms with Gasteiger partial charge in [0.1, 0.15) is 10.8 Å². The minimum atomic E-state index is -3.69. The molecule has 0 unspecified atom stereocenters. The average Bonchev–Trinajstić information content (AvgIpc) is 2.83. The van der Waals surface area contributed by atoms with E-state index in [1.165, 1.54) is 17.4 Å². The average molecular weight is 328 g/mol. The Hall–Kier alpha value is -1.71. The van der Waals surface area contributed by atoms with Crippen LogP contribution in [-0.2, 0) is 16.6 Å². The fourth-order valence-corrected chi connectivity index (χ4v) is 3.63. The van der Waals surface area contributed by atoms with Crippen molar-refractivity contribution < 1.29 is 13.2 Å². The van der Waals surface area contributed by atoms with Crippen molar-refractivity contribution in [3.05, 3.63) is 28.8 Å². The summed E-state index contributed by atoms with van der Waals surface area (Å²) in [6.07, 6.45) is 0. The van der Waals surface area contributed by atoms with Crippen molar-refractivity contribution in [2.45, 2.75) is 18.4 Å². The second-order valence-electron chi connectivity index (χ2n) is 4.24. The van der Waals surface area contributed by atoms with Gasteiger partial charge < -0.3 is 10.1 Å². The number of aromatic nitrogens is 2. The predicted molar refractivity (Wildman–Crippen MR) is 81.2 cm³/mol. The lowest BCUT2D eigenvalue weighted by Gasteiger charge is -2.11. The summed E-state index contributed by atoms with van der Waals surface area (Å²) >= 11 is 1.18. The zero-order valence-electron chi connectivity index (χ0n) is 11.9. The van der Waals surface area contributed by atoms with Gasteiger partial charge in [0, 0.05) is 12.1 Å². The summed E-state index contributed by atoms with van der Waals surface area (Å²) in [7, 11) is -0.364. The van der Waals surface area contributed by atoms with Crippen molar-refractivity contribution >= 4 is 26.5 Å². The fourth-order valence-electron chi connectivity index (χ4n) is 1.76. The maximum atomic E-state index is 12.3. The summed E-state index contributed by atoms with van der Waals surface area (Å²) in [6.45, 7) is 2.26. The number of rotatable bonds is 6. The van der Waals surface area contributed by atoms with Crippen LogP contribution in [0, 0.1) is 6.92 Å². The SMILES string of the molecule is CNCc1cc(S(=O)(=O)Nc2nnc(C)s2)ccc1OC. The molecule has 0 saturated heterocycles. The third-order valence-electron chi connectivity index (χ3n) is 2.68. The molecular weight excluding hydrogens is 312 g/mol. The van der Waals surface area contributed by atoms with Gasteiger partial charge in [0.2, 0.25) is 5.13 Å². The van der Waals surface area contributed by atoms with Crippen LogP contribution in [0.2, 0.25) is 0 Å². The normalized spacial score (nSPS) is 11.4. The summed E-state index contributed by atoms with van der Waals surface area (Å²) in [5.41, 5.74) is 0.760. The summed E-state index contributed by atoms with van der Waals surface area (Å²) < 4.78 is 32.3. The Labute approximate surface area is 127 Å². The highest BCUT2D eigenvalue weighted by Gasteiger charge is 2.18. The molecular formula is C12H16N4O3S2. The molecule has 0 fully saturated rings. The molecule has 0 spiro atoms. The van der Waals surface area contributed by atoms with Gasteiger partial charge in [-0.25, -0.2) is 8.42 Å². The molecule has 2 aromatic rings. The number of anilines is 1. The van der Waals surface area contributed by atoms with Gasteiger partial charge in [0.15, 0.2) is 0 Å². The van der Waals surface area contributed by atoms with Crippen LogP contribution in [0.15, 0.2) is 23.1 Å². The molecule has 0 saturated carbocycles. The lowest BCUT2D eigenvalue weighted by atomic mass is 10.2. The van der Waals surface area contributed by atoms with E-state index in [0.717, 1.165) is 5.56 Å². The van der Waals surface area contributed by atoms with E-state index in [9.17, 15) is 8.42 Å². The number of methoxy groups -OCH3 is 1. The van der Waals surface area contributed by atoms with Gasteiger partial charge in [0.05, 0.1) is 12.0 Å². The van der Waals surface area contributed by atoms with Gasteiger partial charge in [-0.3, -0.25) is 4.72 Å². The largest absolute Gasteiger partial charge is 0.496 e. The van der Waals surface area contributed by atoms with E-state index < -0.39 is 10.0 Å². The van der Waals surface area contributed by atoms with Gasteiger partial charge >= 0.3 is 0 Å². The molecule has 1 heterocycles. The minimum absolute atomic E-state index is 0.154. The summed E-state index contributed by atoms with van der Waals surface area (Å²) in [4.78, 5) is 0.154. The molecule has 0 bridgehead atoms. The molecule has 0 amide bonds. The molecule has 0 aliphatic rings. The standard InChI is InChI=1S/C12H16N4O3S2/c1-8-14-15-12(20-8)16-21(17,18)10-4-5-11(19-3)9(6-10)7-13-2/h4-6,13H,7H2,1-3H3,(H,15,16). The Morgan fingerprint density at radius 2 is 2.10 bits per heavy atom. The highest BCUT2D eigenvalue weighted by Crippen LogP contribution is 2.24. The zero-order valence-corrected chi connectivity index (χ0v) is 13.5. The van der Waals surface area contributed by atoms with Crippen molar-refractivity contribution in [3.8, 4) is 5.75 Å². The van der Waals surface area contributed by atoms with Crippen molar-refractivity contribution in [1.82, 2.24) is 15.5 Å². The molecule has 114 valence electrons. The molecule has 0 atom stereocenters. The number of nitrogens with one attached hydrogen (secondary N) is 2. The molecule has 0 aliphatic carbocycles. The number of benzene rings is 1. The maximum absolute atomic E-state index is 12.3. The van der Waals surface area contributed by atoms with Crippen molar-refractivity contribution in [3.63, 3.8) is 0 Å². The molecule has 2 N–H and O–H groups in total. The predicted octanol–water partition coefficient (Wildman–Crippen LogP) is 1.38. The van der Waals surface area contributed by atoms with E-state index in [1.54, 1.807) is 33.2 Å². The second-order valence-corrected chi connectivity index (χ2v) is 7.10. The lowest BCUT2D eigenvalue weighted by molar-refractivity contribution is 0.408. The van der Waals surface area contributed by atoms with E-state index in [2.05, 4.69) is 20.2 Å². The summed E-state index contributed by atoms with van der Waals surface area (Å²) in [6, 6.07) is 4.70. The van der Waals surface area contributed by atoms with Gasteiger partial charge in [-0.05, 0) is 32.2 Å². The molecule has 21 heavy (non-hydrogen) atoms. The van der Waals surface area contributed by atoms with Gasteiger partial charge in [-0.2, -0.15) is 0 Å². The third-order valence-corrected chi connectivity index (χ3v) is 4.90. The first-order valence-corrected chi connectivity index (χ1v) is 8.40. The lowest BCUT2D eigenvalue weighted by Crippen LogP contribution is -2.14. The molecule has 7 nitrogen and oxygen atoms in total. The monoisotopic (exact) mass is 328 g/mol. The van der Waals surface area contributed by atoms with E-state index in [0.29, 0.717) is 17.3 Å². The molecule has 1 aromatic heterocycles. The fraction of sp³-hybridized carbons (Fsp3) is 0.333. The van der Waals surface area contributed by atoms with Gasteiger partial charge in [-0.15, -0.1) is 10.2 Å². The Bertz CT molecular complexity index is 728. The van der Waals surface area contributed by atoms with Gasteiger partial charge in [-0.1, -0.05) is 11.3 Å². The smallest absolute Gasteiger partial charge is 0.263 e. The molecule has 1 aromatic carbocycles.